The van der Waals surface area contributed by atoms with Crippen LogP contribution >= 0.6 is 11.8 Å². The van der Waals surface area contributed by atoms with Gasteiger partial charge in [-0.05, 0) is 56.3 Å². The first-order valence-electron chi connectivity index (χ1n) is 6.97. The summed E-state index contributed by atoms with van der Waals surface area (Å²) in [6.45, 7) is 1.01. The molecular formula is C14H22N2O2S2. The zero-order valence-electron chi connectivity index (χ0n) is 11.8. The van der Waals surface area contributed by atoms with E-state index in [9.17, 15) is 8.42 Å². The number of thioether (sulfide) groups is 1. The van der Waals surface area contributed by atoms with Crippen LogP contribution in [0.1, 0.15) is 25.7 Å². The Labute approximate surface area is 125 Å². The molecule has 1 saturated heterocycles. The van der Waals surface area contributed by atoms with Gasteiger partial charge >= 0.3 is 0 Å². The summed E-state index contributed by atoms with van der Waals surface area (Å²) < 4.78 is 26.8. The molecule has 0 bridgehead atoms. The van der Waals surface area contributed by atoms with Gasteiger partial charge in [0.2, 0.25) is 10.0 Å². The van der Waals surface area contributed by atoms with Gasteiger partial charge in [-0.2, -0.15) is 0 Å². The molecule has 20 heavy (non-hydrogen) atoms. The normalized spacial score (nSPS) is 19.8. The van der Waals surface area contributed by atoms with E-state index in [2.05, 4.69) is 10.0 Å². The van der Waals surface area contributed by atoms with Crippen LogP contribution in [0, 0.1) is 0 Å². The molecule has 1 heterocycles. The summed E-state index contributed by atoms with van der Waals surface area (Å²) in [5, 5.41) is 3.38. The van der Waals surface area contributed by atoms with Gasteiger partial charge < -0.3 is 5.32 Å². The first-order chi connectivity index (χ1) is 9.59. The summed E-state index contributed by atoms with van der Waals surface area (Å²) in [7, 11) is -3.25. The molecule has 0 saturated carbocycles. The number of piperidine rings is 1. The maximum absolute atomic E-state index is 12.1. The summed E-state index contributed by atoms with van der Waals surface area (Å²) in [5.41, 5.74) is 0.638. The Balaban J connectivity index is 1.85. The maximum Gasteiger partial charge on any atom is 0.232 e. The summed E-state index contributed by atoms with van der Waals surface area (Å²) in [6.07, 6.45) is 6.15. The number of sulfonamides is 1. The molecule has 0 aromatic heterocycles. The average Bonchev–Trinajstić information content (AvgIpc) is 2.47. The molecule has 1 unspecified atom stereocenters. The lowest BCUT2D eigenvalue weighted by Crippen LogP contribution is -2.36. The Bertz CT molecular complexity index is 508. The van der Waals surface area contributed by atoms with Crippen LogP contribution in [0.4, 0.5) is 5.69 Å². The Hall–Kier alpha value is -0.720. The van der Waals surface area contributed by atoms with Crippen LogP contribution in [-0.4, -0.2) is 33.0 Å². The average molecular weight is 314 g/mol. The van der Waals surface area contributed by atoms with Crippen molar-refractivity contribution in [2.75, 3.05) is 23.3 Å². The third kappa shape index (κ3) is 5.00. The van der Waals surface area contributed by atoms with Crippen molar-refractivity contribution < 1.29 is 8.42 Å². The van der Waals surface area contributed by atoms with E-state index in [4.69, 9.17) is 0 Å². The second-order valence-corrected chi connectivity index (χ2v) is 7.81. The van der Waals surface area contributed by atoms with Crippen LogP contribution in [-0.2, 0) is 10.0 Å². The fraction of sp³-hybridized carbons (Fsp3) is 0.571. The first-order valence-corrected chi connectivity index (χ1v) is 9.85. The summed E-state index contributed by atoms with van der Waals surface area (Å²) in [5.74, 6) is 0.176. The number of nitrogens with one attached hydrogen (secondary N) is 2. The lowest BCUT2D eigenvalue weighted by atomic mass is 10.0. The van der Waals surface area contributed by atoms with Crippen molar-refractivity contribution in [1.29, 1.82) is 0 Å². The molecule has 4 nitrogen and oxygen atoms in total. The quantitative estimate of drug-likeness (QED) is 0.793. The molecule has 0 aliphatic carbocycles. The first kappa shape index (κ1) is 15.7. The highest BCUT2D eigenvalue weighted by Gasteiger charge is 2.17. The van der Waals surface area contributed by atoms with E-state index in [-0.39, 0.29) is 5.75 Å². The van der Waals surface area contributed by atoms with E-state index >= 15 is 0 Å². The maximum atomic E-state index is 12.1. The van der Waals surface area contributed by atoms with Gasteiger partial charge in [-0.3, -0.25) is 4.72 Å². The third-order valence-corrected chi connectivity index (χ3v) is 5.57. The minimum Gasteiger partial charge on any atom is -0.314 e. The van der Waals surface area contributed by atoms with E-state index in [1.165, 1.54) is 12.8 Å². The molecule has 1 aromatic rings. The highest BCUT2D eigenvalue weighted by atomic mass is 32.2. The topological polar surface area (TPSA) is 58.2 Å². The zero-order valence-corrected chi connectivity index (χ0v) is 13.4. The summed E-state index contributed by atoms with van der Waals surface area (Å²) in [6, 6.07) is 7.81. The monoisotopic (exact) mass is 314 g/mol. The fourth-order valence-corrected chi connectivity index (χ4v) is 3.96. The van der Waals surface area contributed by atoms with Gasteiger partial charge in [-0.1, -0.05) is 6.42 Å². The Morgan fingerprint density at radius 2 is 2.05 bits per heavy atom. The molecule has 0 amide bonds. The fourth-order valence-electron chi connectivity index (χ4n) is 2.36. The van der Waals surface area contributed by atoms with Gasteiger partial charge in [0.15, 0.2) is 0 Å². The number of hydrogen-bond acceptors (Lipinski definition) is 4. The Kier molecular flexibility index (Phi) is 5.74. The molecule has 0 spiro atoms. The van der Waals surface area contributed by atoms with Crippen molar-refractivity contribution in [2.24, 2.45) is 0 Å². The van der Waals surface area contributed by atoms with Crippen molar-refractivity contribution in [3.63, 3.8) is 0 Å². The van der Waals surface area contributed by atoms with E-state index < -0.39 is 10.0 Å². The van der Waals surface area contributed by atoms with Crippen molar-refractivity contribution in [3.8, 4) is 0 Å². The van der Waals surface area contributed by atoms with Crippen molar-refractivity contribution in [1.82, 2.24) is 5.32 Å². The molecule has 1 fully saturated rings. The smallest absolute Gasteiger partial charge is 0.232 e. The summed E-state index contributed by atoms with van der Waals surface area (Å²) >= 11 is 1.64. The SMILES string of the molecule is CSc1ccc(NS(=O)(=O)CCC2CCCCN2)cc1. The number of anilines is 1. The zero-order chi connectivity index (χ0) is 14.4. The molecule has 1 aromatic carbocycles. The van der Waals surface area contributed by atoms with Crippen molar-refractivity contribution in [2.45, 2.75) is 36.6 Å². The molecule has 1 aliphatic rings. The minimum absolute atomic E-state index is 0.176. The molecule has 112 valence electrons. The van der Waals surface area contributed by atoms with E-state index in [0.29, 0.717) is 18.2 Å². The predicted octanol–water partition coefficient (Wildman–Crippen LogP) is 2.68. The molecule has 6 heteroatoms. The van der Waals surface area contributed by atoms with Crippen LogP contribution < -0.4 is 10.0 Å². The van der Waals surface area contributed by atoms with Gasteiger partial charge in [-0.15, -0.1) is 11.8 Å². The lowest BCUT2D eigenvalue weighted by Gasteiger charge is -2.23. The number of benzene rings is 1. The van der Waals surface area contributed by atoms with Crippen LogP contribution in [0.5, 0.6) is 0 Å². The van der Waals surface area contributed by atoms with Gasteiger partial charge in [0.25, 0.3) is 0 Å². The van der Waals surface area contributed by atoms with E-state index in [0.717, 1.165) is 17.9 Å². The van der Waals surface area contributed by atoms with Gasteiger partial charge in [-0.25, -0.2) is 8.42 Å². The van der Waals surface area contributed by atoms with Crippen molar-refractivity contribution in [3.05, 3.63) is 24.3 Å². The predicted molar refractivity (Wildman–Crippen MR) is 85.9 cm³/mol. The molecule has 1 atom stereocenters. The van der Waals surface area contributed by atoms with Gasteiger partial charge in [0.1, 0.15) is 0 Å². The van der Waals surface area contributed by atoms with Crippen LogP contribution in [0.2, 0.25) is 0 Å². The standard InChI is InChI=1S/C14H22N2O2S2/c1-19-14-7-5-13(6-8-14)16-20(17,18)11-9-12-4-2-3-10-15-12/h5-8,12,15-16H,2-4,9-11H2,1H3. The van der Waals surface area contributed by atoms with Gasteiger partial charge in [0.05, 0.1) is 5.75 Å². The molecule has 0 radical (unpaired) electrons. The highest BCUT2D eigenvalue weighted by Crippen LogP contribution is 2.19. The number of hydrogen-bond donors (Lipinski definition) is 2. The Morgan fingerprint density at radius 3 is 2.65 bits per heavy atom. The molecule has 1 aliphatic heterocycles. The number of rotatable bonds is 6. The lowest BCUT2D eigenvalue weighted by molar-refractivity contribution is 0.393. The largest absolute Gasteiger partial charge is 0.314 e. The summed E-state index contributed by atoms with van der Waals surface area (Å²) in [4.78, 5) is 1.12. The molecular weight excluding hydrogens is 292 g/mol. The van der Waals surface area contributed by atoms with Gasteiger partial charge in [0, 0.05) is 16.6 Å². The Morgan fingerprint density at radius 1 is 1.30 bits per heavy atom. The van der Waals surface area contributed by atoms with E-state index in [1.807, 2.05) is 30.5 Å². The van der Waals surface area contributed by atoms with Crippen molar-refractivity contribution >= 4 is 27.5 Å². The van der Waals surface area contributed by atoms with Crippen LogP contribution in [0.25, 0.3) is 0 Å². The van der Waals surface area contributed by atoms with Crippen LogP contribution in [0.15, 0.2) is 29.2 Å². The molecule has 2 rings (SSSR count). The highest BCUT2D eigenvalue weighted by molar-refractivity contribution is 7.98. The molecule has 2 N–H and O–H groups in total. The van der Waals surface area contributed by atoms with Crippen LogP contribution in [0.3, 0.4) is 0 Å². The second kappa shape index (κ2) is 7.33. The second-order valence-electron chi connectivity index (χ2n) is 5.08. The van der Waals surface area contributed by atoms with E-state index in [1.54, 1.807) is 11.8 Å². The third-order valence-electron chi connectivity index (χ3n) is 3.51. The minimum atomic E-state index is -3.25.